The molecule has 0 spiro atoms. The number of hydrogen-bond donors (Lipinski definition) is 1. The van der Waals surface area contributed by atoms with Crippen LogP contribution in [0.2, 0.25) is 0 Å². The van der Waals surface area contributed by atoms with E-state index >= 15 is 0 Å². The minimum Gasteiger partial charge on any atom is -0.393 e. The molecule has 0 bridgehead atoms. The van der Waals surface area contributed by atoms with Gasteiger partial charge in [0, 0.05) is 45.1 Å². The number of aromatic nitrogens is 2. The number of fused-ring (bicyclic) bond motifs is 4. The van der Waals surface area contributed by atoms with Crippen LogP contribution in [0.4, 0.5) is 5.95 Å². The second-order valence-corrected chi connectivity index (χ2v) is 14.0. The lowest BCUT2D eigenvalue weighted by atomic mass is 9.46. The van der Waals surface area contributed by atoms with Gasteiger partial charge in [-0.15, -0.1) is 0 Å². The first kappa shape index (κ1) is 25.6. The van der Waals surface area contributed by atoms with Gasteiger partial charge in [-0.25, -0.2) is 9.97 Å². The Hall–Kier alpha value is -1.72. The summed E-state index contributed by atoms with van der Waals surface area (Å²) in [5, 5.41) is 10.8. The van der Waals surface area contributed by atoms with Gasteiger partial charge in [-0.3, -0.25) is 4.90 Å². The summed E-state index contributed by atoms with van der Waals surface area (Å²) in [5.74, 6) is 2.90. The maximum atomic E-state index is 10.8. The second-order valence-electron chi connectivity index (χ2n) is 14.0. The van der Waals surface area contributed by atoms with Crippen molar-refractivity contribution in [2.75, 3.05) is 37.6 Å². The lowest BCUT2D eigenvalue weighted by Gasteiger charge is -2.59. The quantitative estimate of drug-likeness (QED) is 0.555. The van der Waals surface area contributed by atoms with E-state index in [9.17, 15) is 5.11 Å². The molecule has 0 amide bonds. The van der Waals surface area contributed by atoms with E-state index in [1.165, 1.54) is 38.6 Å². The molecule has 5 nitrogen and oxygen atoms in total. The van der Waals surface area contributed by atoms with Crippen molar-refractivity contribution in [1.82, 2.24) is 14.9 Å². The van der Waals surface area contributed by atoms with Gasteiger partial charge in [-0.2, -0.15) is 0 Å². The van der Waals surface area contributed by atoms with Gasteiger partial charge in [0.1, 0.15) is 0 Å². The molecule has 1 aromatic heterocycles. The number of hydrogen-bond acceptors (Lipinski definition) is 5. The standard InChI is InChI=1S/C32H48N4O/c1-22(21-35-17-19-36(20-18-35)29-33-15-6-16-34-29)24-8-9-25-23-7-10-27-30(2,3)28(37)12-14-32(27,5)26(23)11-13-31(24,25)4/h6,9,15-16,22,24,27-28,37H,7-8,10-14,17-21H2,1-5H3/t22-,24-,27+,28+,31-,32-/m1/s1. The molecule has 2 fully saturated rings. The van der Waals surface area contributed by atoms with E-state index in [1.54, 1.807) is 16.7 Å². The first-order valence-corrected chi connectivity index (χ1v) is 15.0. The summed E-state index contributed by atoms with van der Waals surface area (Å²) in [7, 11) is 0. The highest BCUT2D eigenvalue weighted by molar-refractivity contribution is 5.50. The number of rotatable bonds is 4. The molecule has 4 aliphatic carbocycles. The zero-order valence-corrected chi connectivity index (χ0v) is 23.8. The lowest BCUT2D eigenvalue weighted by Crippen LogP contribution is -2.53. The molecule has 5 aliphatic rings. The first-order chi connectivity index (χ1) is 17.6. The smallest absolute Gasteiger partial charge is 0.225 e. The minimum absolute atomic E-state index is 0.0179. The van der Waals surface area contributed by atoms with Gasteiger partial charge in [0.25, 0.3) is 0 Å². The Balaban J connectivity index is 1.15. The van der Waals surface area contributed by atoms with Crippen LogP contribution in [0.3, 0.4) is 0 Å². The normalized spacial score (nSPS) is 38.5. The largest absolute Gasteiger partial charge is 0.393 e. The van der Waals surface area contributed by atoms with Gasteiger partial charge >= 0.3 is 0 Å². The fraction of sp³-hybridized carbons (Fsp3) is 0.750. The molecule has 0 radical (unpaired) electrons. The summed E-state index contributed by atoms with van der Waals surface area (Å²) < 4.78 is 0. The molecule has 202 valence electrons. The highest BCUT2D eigenvalue weighted by Crippen LogP contribution is 2.66. The van der Waals surface area contributed by atoms with Crippen LogP contribution in [0.15, 0.2) is 41.3 Å². The molecule has 0 unspecified atom stereocenters. The third-order valence-electron chi connectivity index (χ3n) is 11.9. The summed E-state index contributed by atoms with van der Waals surface area (Å²) in [6, 6.07) is 1.89. The average Bonchev–Trinajstić information content (AvgIpc) is 3.25. The molecule has 2 heterocycles. The summed E-state index contributed by atoms with van der Waals surface area (Å²) in [5.41, 5.74) is 5.85. The molecule has 6 rings (SSSR count). The average molecular weight is 505 g/mol. The van der Waals surface area contributed by atoms with Crippen molar-refractivity contribution in [3.63, 3.8) is 0 Å². The number of allylic oxidation sites excluding steroid dienone is 4. The Morgan fingerprint density at radius 3 is 2.43 bits per heavy atom. The van der Waals surface area contributed by atoms with E-state index < -0.39 is 0 Å². The minimum atomic E-state index is -0.153. The predicted molar refractivity (Wildman–Crippen MR) is 150 cm³/mol. The van der Waals surface area contributed by atoms with Crippen molar-refractivity contribution in [2.24, 2.45) is 34.0 Å². The van der Waals surface area contributed by atoms with Crippen molar-refractivity contribution < 1.29 is 5.11 Å². The van der Waals surface area contributed by atoms with Crippen molar-refractivity contribution in [1.29, 1.82) is 0 Å². The monoisotopic (exact) mass is 504 g/mol. The molecular formula is C32H48N4O. The van der Waals surface area contributed by atoms with Crippen LogP contribution in [0.1, 0.15) is 79.6 Å². The number of nitrogens with zero attached hydrogens (tertiary/aromatic N) is 4. The van der Waals surface area contributed by atoms with E-state index in [1.807, 2.05) is 18.5 Å². The van der Waals surface area contributed by atoms with Gasteiger partial charge < -0.3 is 10.0 Å². The van der Waals surface area contributed by atoms with Crippen LogP contribution in [0, 0.1) is 34.0 Å². The summed E-state index contributed by atoms with van der Waals surface area (Å²) in [6.45, 7) is 17.8. The molecule has 5 heteroatoms. The van der Waals surface area contributed by atoms with Crippen LogP contribution in [0.25, 0.3) is 0 Å². The van der Waals surface area contributed by atoms with E-state index in [2.05, 4.69) is 60.5 Å². The number of aliphatic hydroxyl groups is 1. The molecule has 1 saturated heterocycles. The SMILES string of the molecule is C[C@H](CN1CCN(c2ncccn2)CC1)[C@H]1CC=C2C3=C(CC[C@@]21C)[C@@]1(C)CC[C@H](O)C(C)(C)[C@@H]1CC3. The van der Waals surface area contributed by atoms with Crippen LogP contribution in [-0.4, -0.2) is 58.8 Å². The molecule has 1 aliphatic heterocycles. The third-order valence-corrected chi connectivity index (χ3v) is 11.9. The highest BCUT2D eigenvalue weighted by Gasteiger charge is 2.57. The van der Waals surface area contributed by atoms with Crippen molar-refractivity contribution >= 4 is 5.95 Å². The maximum absolute atomic E-state index is 10.8. The number of anilines is 1. The molecule has 1 aromatic rings. The van der Waals surface area contributed by atoms with E-state index in [-0.39, 0.29) is 16.9 Å². The third kappa shape index (κ3) is 4.02. The van der Waals surface area contributed by atoms with Gasteiger partial charge in [-0.1, -0.05) is 46.3 Å². The van der Waals surface area contributed by atoms with Crippen LogP contribution in [0.5, 0.6) is 0 Å². The zero-order chi connectivity index (χ0) is 26.0. The molecule has 1 N–H and O–H groups in total. The van der Waals surface area contributed by atoms with Gasteiger partial charge in [0.2, 0.25) is 5.95 Å². The van der Waals surface area contributed by atoms with Gasteiger partial charge in [0.05, 0.1) is 6.10 Å². The fourth-order valence-corrected chi connectivity index (χ4v) is 9.70. The van der Waals surface area contributed by atoms with Crippen LogP contribution >= 0.6 is 0 Å². The summed E-state index contributed by atoms with van der Waals surface area (Å²) in [4.78, 5) is 13.9. The molecule has 0 aromatic carbocycles. The maximum Gasteiger partial charge on any atom is 0.225 e. The molecule has 37 heavy (non-hydrogen) atoms. The molecular weight excluding hydrogens is 456 g/mol. The summed E-state index contributed by atoms with van der Waals surface area (Å²) in [6.07, 6.45) is 14.6. The second kappa shape index (κ2) is 9.19. The Morgan fingerprint density at radius 2 is 1.70 bits per heavy atom. The van der Waals surface area contributed by atoms with Crippen LogP contribution in [-0.2, 0) is 0 Å². The Bertz CT molecular complexity index is 1070. The van der Waals surface area contributed by atoms with Crippen molar-refractivity contribution in [3.05, 3.63) is 41.3 Å². The highest BCUT2D eigenvalue weighted by atomic mass is 16.3. The van der Waals surface area contributed by atoms with E-state index in [0.717, 1.165) is 50.9 Å². The Kier molecular flexibility index (Phi) is 6.35. The topological polar surface area (TPSA) is 52.5 Å². The Morgan fingerprint density at radius 1 is 0.973 bits per heavy atom. The predicted octanol–water partition coefficient (Wildman–Crippen LogP) is 5.87. The van der Waals surface area contributed by atoms with Gasteiger partial charge in [0.15, 0.2) is 0 Å². The van der Waals surface area contributed by atoms with Crippen LogP contribution < -0.4 is 4.90 Å². The first-order valence-electron chi connectivity index (χ1n) is 15.0. The van der Waals surface area contributed by atoms with Crippen molar-refractivity contribution in [3.8, 4) is 0 Å². The number of aliphatic hydroxyl groups excluding tert-OH is 1. The molecule has 6 atom stereocenters. The van der Waals surface area contributed by atoms with Crippen molar-refractivity contribution in [2.45, 2.75) is 85.7 Å². The van der Waals surface area contributed by atoms with E-state index in [4.69, 9.17) is 0 Å². The summed E-state index contributed by atoms with van der Waals surface area (Å²) >= 11 is 0. The van der Waals surface area contributed by atoms with E-state index in [0.29, 0.717) is 17.3 Å². The van der Waals surface area contributed by atoms with Gasteiger partial charge in [-0.05, 0) is 96.2 Å². The zero-order valence-electron chi connectivity index (χ0n) is 23.8. The Labute approximate surface area is 224 Å². The number of piperazine rings is 1. The fourth-order valence-electron chi connectivity index (χ4n) is 9.70. The molecule has 1 saturated carbocycles. The lowest BCUT2D eigenvalue weighted by molar-refractivity contribution is -0.0905.